The van der Waals surface area contributed by atoms with Crippen LogP contribution in [0, 0.1) is 0 Å². The Morgan fingerprint density at radius 2 is 2.17 bits per heavy atom. The summed E-state index contributed by atoms with van der Waals surface area (Å²) in [5.41, 5.74) is 1.04. The summed E-state index contributed by atoms with van der Waals surface area (Å²) < 4.78 is 12.3. The summed E-state index contributed by atoms with van der Waals surface area (Å²) in [4.78, 5) is 14.5. The maximum atomic E-state index is 12.6. The van der Waals surface area contributed by atoms with Gasteiger partial charge < -0.3 is 14.4 Å². The number of nitrogens with zero attached hydrogens (tertiary/aromatic N) is 3. The van der Waals surface area contributed by atoms with Crippen LogP contribution in [0.3, 0.4) is 0 Å². The lowest BCUT2D eigenvalue weighted by Gasteiger charge is -2.24. The zero-order chi connectivity index (χ0) is 16.2. The molecule has 1 aromatic heterocycles. The van der Waals surface area contributed by atoms with Gasteiger partial charge in [0.15, 0.2) is 11.5 Å². The number of methoxy groups -OCH3 is 2. The van der Waals surface area contributed by atoms with E-state index < -0.39 is 0 Å². The summed E-state index contributed by atoms with van der Waals surface area (Å²) in [6.07, 6.45) is 3.48. The number of hydrogen-bond donors (Lipinski definition) is 0. The molecule has 1 aliphatic rings. The first-order chi connectivity index (χ1) is 11.2. The first kappa shape index (κ1) is 15.7. The van der Waals surface area contributed by atoms with Gasteiger partial charge in [0.05, 0.1) is 14.2 Å². The molecule has 0 N–H and O–H groups in total. The molecule has 1 fully saturated rings. The van der Waals surface area contributed by atoms with Gasteiger partial charge in [0.1, 0.15) is 11.9 Å². The summed E-state index contributed by atoms with van der Waals surface area (Å²) in [5, 5.41) is 4.10. The van der Waals surface area contributed by atoms with Gasteiger partial charge in [0.2, 0.25) is 5.91 Å². The Bertz CT molecular complexity index is 675. The van der Waals surface area contributed by atoms with Crippen LogP contribution >= 0.6 is 11.8 Å². The van der Waals surface area contributed by atoms with Crippen LogP contribution in [-0.4, -0.2) is 47.1 Å². The van der Waals surface area contributed by atoms with Crippen molar-refractivity contribution in [2.45, 2.75) is 11.9 Å². The lowest BCUT2D eigenvalue weighted by Crippen LogP contribution is -2.33. The quantitative estimate of drug-likeness (QED) is 0.839. The number of carbonyl (C=O) groups excluding carboxylic acids is 1. The fraction of sp³-hybridized carbons (Fsp3) is 0.375. The lowest BCUT2D eigenvalue weighted by atomic mass is 10.1. The SMILES string of the molecule is COc1ccc(C2SCCN2C(=O)Cn2cccn2)cc1OC. The minimum absolute atomic E-state index is 0.00197. The van der Waals surface area contributed by atoms with Crippen LogP contribution < -0.4 is 9.47 Å². The summed E-state index contributed by atoms with van der Waals surface area (Å²) in [6.45, 7) is 1.00. The third-order valence-electron chi connectivity index (χ3n) is 3.76. The molecule has 0 saturated carbocycles. The van der Waals surface area contributed by atoms with Crippen LogP contribution in [0.25, 0.3) is 0 Å². The zero-order valence-corrected chi connectivity index (χ0v) is 14.0. The molecule has 2 aromatic rings. The zero-order valence-electron chi connectivity index (χ0n) is 13.1. The molecule has 0 bridgehead atoms. The Morgan fingerprint density at radius 3 is 2.87 bits per heavy atom. The van der Waals surface area contributed by atoms with Gasteiger partial charge in [-0.25, -0.2) is 0 Å². The van der Waals surface area contributed by atoms with Gasteiger partial charge >= 0.3 is 0 Å². The standard InChI is InChI=1S/C16H19N3O3S/c1-21-13-5-4-12(10-14(13)22-2)16-19(8-9-23-16)15(20)11-18-7-3-6-17-18/h3-7,10,16H,8-9,11H2,1-2H3. The van der Waals surface area contributed by atoms with E-state index in [0.717, 1.165) is 17.9 Å². The molecule has 122 valence electrons. The Kier molecular flexibility index (Phi) is 4.76. The van der Waals surface area contributed by atoms with Gasteiger partial charge in [-0.15, -0.1) is 11.8 Å². The topological polar surface area (TPSA) is 56.6 Å². The second-order valence-corrected chi connectivity index (χ2v) is 6.32. The molecular weight excluding hydrogens is 314 g/mol. The van der Waals surface area contributed by atoms with Gasteiger partial charge in [0.25, 0.3) is 0 Å². The first-order valence-electron chi connectivity index (χ1n) is 7.33. The molecule has 0 aliphatic carbocycles. The number of aromatic nitrogens is 2. The fourth-order valence-corrected chi connectivity index (χ4v) is 3.90. The molecule has 1 aliphatic heterocycles. The maximum Gasteiger partial charge on any atom is 0.245 e. The molecule has 1 unspecified atom stereocenters. The van der Waals surface area contributed by atoms with Gasteiger partial charge in [-0.3, -0.25) is 9.48 Å². The van der Waals surface area contributed by atoms with Crippen molar-refractivity contribution in [1.29, 1.82) is 0 Å². The van der Waals surface area contributed by atoms with Crippen molar-refractivity contribution >= 4 is 17.7 Å². The van der Waals surface area contributed by atoms with Crippen LogP contribution in [0.15, 0.2) is 36.7 Å². The second kappa shape index (κ2) is 6.95. The van der Waals surface area contributed by atoms with Crippen molar-refractivity contribution in [3.63, 3.8) is 0 Å². The third-order valence-corrected chi connectivity index (χ3v) is 5.02. The molecule has 2 heterocycles. The highest BCUT2D eigenvalue weighted by Gasteiger charge is 2.31. The summed E-state index contributed by atoms with van der Waals surface area (Å²) in [6, 6.07) is 7.62. The van der Waals surface area contributed by atoms with Crippen LogP contribution in [0.5, 0.6) is 11.5 Å². The molecule has 1 amide bonds. The molecule has 23 heavy (non-hydrogen) atoms. The summed E-state index contributed by atoms with van der Waals surface area (Å²) >= 11 is 1.76. The molecule has 3 rings (SSSR count). The Labute approximate surface area is 139 Å². The van der Waals surface area contributed by atoms with Crippen molar-refractivity contribution in [1.82, 2.24) is 14.7 Å². The van der Waals surface area contributed by atoms with E-state index in [4.69, 9.17) is 9.47 Å². The smallest absolute Gasteiger partial charge is 0.245 e. The van der Waals surface area contributed by atoms with E-state index in [-0.39, 0.29) is 17.8 Å². The molecule has 1 atom stereocenters. The van der Waals surface area contributed by atoms with E-state index >= 15 is 0 Å². The van der Waals surface area contributed by atoms with E-state index in [9.17, 15) is 4.79 Å². The summed E-state index contributed by atoms with van der Waals surface area (Å²) in [5.74, 6) is 2.35. The highest BCUT2D eigenvalue weighted by molar-refractivity contribution is 7.99. The Balaban J connectivity index is 1.79. The van der Waals surface area contributed by atoms with E-state index in [1.807, 2.05) is 29.2 Å². The van der Waals surface area contributed by atoms with Gasteiger partial charge in [0, 0.05) is 24.7 Å². The van der Waals surface area contributed by atoms with Gasteiger partial charge in [-0.2, -0.15) is 5.10 Å². The van der Waals surface area contributed by atoms with E-state index in [1.54, 1.807) is 43.1 Å². The molecule has 6 nitrogen and oxygen atoms in total. The van der Waals surface area contributed by atoms with Crippen molar-refractivity contribution < 1.29 is 14.3 Å². The van der Waals surface area contributed by atoms with E-state index in [2.05, 4.69) is 5.10 Å². The van der Waals surface area contributed by atoms with Crippen molar-refractivity contribution in [3.8, 4) is 11.5 Å². The predicted molar refractivity (Wildman–Crippen MR) is 88.7 cm³/mol. The Hall–Kier alpha value is -2.15. The first-order valence-corrected chi connectivity index (χ1v) is 8.38. The van der Waals surface area contributed by atoms with Crippen LogP contribution in [-0.2, 0) is 11.3 Å². The monoisotopic (exact) mass is 333 g/mol. The molecular formula is C16H19N3O3S. The van der Waals surface area contributed by atoms with Crippen LogP contribution in [0.1, 0.15) is 10.9 Å². The highest BCUT2D eigenvalue weighted by Crippen LogP contribution is 2.41. The predicted octanol–water partition coefficient (Wildman–Crippen LogP) is 2.17. The van der Waals surface area contributed by atoms with Crippen molar-refractivity contribution in [3.05, 3.63) is 42.2 Å². The van der Waals surface area contributed by atoms with Crippen LogP contribution in [0.4, 0.5) is 0 Å². The minimum atomic E-state index is -0.00197. The van der Waals surface area contributed by atoms with Gasteiger partial charge in [-0.1, -0.05) is 6.07 Å². The number of carbonyl (C=O) groups is 1. The molecule has 1 saturated heterocycles. The third kappa shape index (κ3) is 3.29. The average molecular weight is 333 g/mol. The fourth-order valence-electron chi connectivity index (χ4n) is 2.63. The number of amides is 1. The second-order valence-electron chi connectivity index (χ2n) is 5.13. The molecule has 1 aromatic carbocycles. The average Bonchev–Trinajstić information content (AvgIpc) is 3.25. The van der Waals surface area contributed by atoms with Gasteiger partial charge in [-0.05, 0) is 23.8 Å². The number of rotatable bonds is 5. The number of ether oxygens (including phenoxy) is 2. The normalized spacial score (nSPS) is 17.3. The number of hydrogen-bond acceptors (Lipinski definition) is 5. The van der Waals surface area contributed by atoms with Crippen molar-refractivity contribution in [2.24, 2.45) is 0 Å². The number of thioether (sulfide) groups is 1. The Morgan fingerprint density at radius 1 is 1.35 bits per heavy atom. The maximum absolute atomic E-state index is 12.6. The minimum Gasteiger partial charge on any atom is -0.493 e. The highest BCUT2D eigenvalue weighted by atomic mass is 32.2. The summed E-state index contributed by atoms with van der Waals surface area (Å²) in [7, 11) is 3.23. The van der Waals surface area contributed by atoms with E-state index in [0.29, 0.717) is 11.5 Å². The number of benzene rings is 1. The van der Waals surface area contributed by atoms with E-state index in [1.165, 1.54) is 0 Å². The van der Waals surface area contributed by atoms with Crippen LogP contribution in [0.2, 0.25) is 0 Å². The van der Waals surface area contributed by atoms with Crippen molar-refractivity contribution in [2.75, 3.05) is 26.5 Å². The lowest BCUT2D eigenvalue weighted by molar-refractivity contribution is -0.132. The largest absolute Gasteiger partial charge is 0.493 e. The molecule has 0 radical (unpaired) electrons. The molecule has 0 spiro atoms. The molecule has 7 heteroatoms.